The normalized spacial score (nSPS) is 9.27. The summed E-state index contributed by atoms with van der Waals surface area (Å²) in [5, 5.41) is 12.0. The Morgan fingerprint density at radius 3 is 3.20 bits per heavy atom. The molecule has 1 rings (SSSR count). The van der Waals surface area contributed by atoms with Crippen LogP contribution in [0, 0.1) is 10.2 Å². The fraction of sp³-hybridized carbons (Fsp3) is 0.300. The van der Waals surface area contributed by atoms with Gasteiger partial charge in [0.1, 0.15) is 0 Å². The molecule has 1 N–H and O–H groups in total. The van der Waals surface area contributed by atoms with Gasteiger partial charge in [-0.05, 0) is 0 Å². The van der Waals surface area contributed by atoms with Crippen molar-refractivity contribution in [3.8, 4) is 4.97 Å². The van der Waals surface area contributed by atoms with Crippen LogP contribution < -0.4 is 5.32 Å². The van der Waals surface area contributed by atoms with Crippen molar-refractivity contribution < 1.29 is 4.79 Å². The molecule has 0 unspecified atom stereocenters. The van der Waals surface area contributed by atoms with Crippen LogP contribution in [0.15, 0.2) is 24.5 Å². The van der Waals surface area contributed by atoms with Gasteiger partial charge in [-0.25, -0.2) is 0 Å². The molecule has 0 bridgehead atoms. The molecular formula is C10H11N3OSe. The van der Waals surface area contributed by atoms with Crippen LogP contribution in [0.25, 0.3) is 0 Å². The van der Waals surface area contributed by atoms with Crippen molar-refractivity contribution in [3.63, 3.8) is 0 Å². The van der Waals surface area contributed by atoms with Gasteiger partial charge in [0, 0.05) is 0 Å². The quantitative estimate of drug-likeness (QED) is 0.634. The van der Waals surface area contributed by atoms with E-state index in [1.54, 1.807) is 18.3 Å². The topological polar surface area (TPSA) is 65.8 Å². The van der Waals surface area contributed by atoms with Gasteiger partial charge in [0.15, 0.2) is 0 Å². The first-order valence-corrected chi connectivity index (χ1v) is 6.60. The van der Waals surface area contributed by atoms with Crippen molar-refractivity contribution >= 4 is 20.9 Å². The molecule has 0 aromatic carbocycles. The Morgan fingerprint density at radius 2 is 2.53 bits per heavy atom. The maximum absolute atomic E-state index is 11.5. The number of nitrogens with zero attached hydrogens (tertiary/aromatic N) is 2. The van der Waals surface area contributed by atoms with Gasteiger partial charge >= 0.3 is 94.6 Å². The molecule has 0 radical (unpaired) electrons. The number of rotatable bonds is 5. The molecule has 1 heterocycles. The second-order valence-electron chi connectivity index (χ2n) is 2.79. The predicted molar refractivity (Wildman–Crippen MR) is 57.4 cm³/mol. The molecule has 5 heteroatoms. The second-order valence-corrected chi connectivity index (χ2v) is 4.64. The van der Waals surface area contributed by atoms with E-state index in [0.717, 1.165) is 11.7 Å². The number of nitrogens with one attached hydrogen (secondary N) is 1. The summed E-state index contributed by atoms with van der Waals surface area (Å²) in [6.07, 6.45) is 4.03. The van der Waals surface area contributed by atoms with Crippen LogP contribution in [-0.2, 0) is 0 Å². The van der Waals surface area contributed by atoms with E-state index in [1.807, 2.05) is 0 Å². The molecule has 0 aliphatic heterocycles. The summed E-state index contributed by atoms with van der Waals surface area (Å²) < 4.78 is 0. The third-order valence-corrected chi connectivity index (χ3v) is 3.00. The van der Waals surface area contributed by atoms with Crippen LogP contribution in [-0.4, -0.2) is 32.4 Å². The number of aromatic nitrogens is 1. The van der Waals surface area contributed by atoms with Gasteiger partial charge in [0.25, 0.3) is 0 Å². The molecular weight excluding hydrogens is 257 g/mol. The van der Waals surface area contributed by atoms with Crippen molar-refractivity contribution in [1.82, 2.24) is 10.3 Å². The monoisotopic (exact) mass is 269 g/mol. The predicted octanol–water partition coefficient (Wildman–Crippen LogP) is 0.805. The number of hydrogen-bond acceptors (Lipinski definition) is 3. The van der Waals surface area contributed by atoms with E-state index in [9.17, 15) is 4.79 Å². The van der Waals surface area contributed by atoms with Crippen molar-refractivity contribution in [3.05, 3.63) is 30.1 Å². The molecule has 15 heavy (non-hydrogen) atoms. The average Bonchev–Trinajstić information content (AvgIpc) is 2.30. The van der Waals surface area contributed by atoms with Crippen LogP contribution in [0.3, 0.4) is 0 Å². The van der Waals surface area contributed by atoms with Crippen LogP contribution in [0.1, 0.15) is 16.8 Å². The summed E-state index contributed by atoms with van der Waals surface area (Å²) >= 11 is 0.0546. The molecule has 0 atom stereocenters. The Morgan fingerprint density at radius 1 is 1.67 bits per heavy atom. The second kappa shape index (κ2) is 6.99. The fourth-order valence-corrected chi connectivity index (χ4v) is 1.79. The van der Waals surface area contributed by atoms with Gasteiger partial charge in [0.2, 0.25) is 0 Å². The van der Waals surface area contributed by atoms with E-state index in [0.29, 0.717) is 12.1 Å². The van der Waals surface area contributed by atoms with Crippen LogP contribution >= 0.6 is 0 Å². The minimum absolute atomic E-state index is 0.0546. The van der Waals surface area contributed by atoms with Crippen molar-refractivity contribution in [2.24, 2.45) is 0 Å². The zero-order valence-corrected chi connectivity index (χ0v) is 9.85. The van der Waals surface area contributed by atoms with Crippen molar-refractivity contribution in [2.45, 2.75) is 11.7 Å². The molecule has 1 amide bonds. The molecule has 0 saturated carbocycles. The SMILES string of the molecule is N#C[Se]CCCNC(=O)c1cccnc1. The molecule has 4 nitrogen and oxygen atoms in total. The van der Waals surface area contributed by atoms with E-state index in [-0.39, 0.29) is 20.9 Å². The zero-order chi connectivity index (χ0) is 10.9. The van der Waals surface area contributed by atoms with Crippen LogP contribution in [0.2, 0.25) is 5.32 Å². The summed E-state index contributed by atoms with van der Waals surface area (Å²) in [6.45, 7) is 0.622. The third-order valence-electron chi connectivity index (χ3n) is 1.70. The van der Waals surface area contributed by atoms with E-state index < -0.39 is 0 Å². The molecule has 78 valence electrons. The Hall–Kier alpha value is -1.37. The standard InChI is InChI=1S/C10H11N3OSe/c11-8-15-6-2-5-13-10(14)9-3-1-4-12-7-9/h1,3-4,7H,2,5-6H2,(H,13,14). The first kappa shape index (κ1) is 11.7. The Balaban J connectivity index is 2.23. The molecule has 1 aromatic rings. The molecule has 1 aromatic heterocycles. The van der Waals surface area contributed by atoms with Crippen LogP contribution in [0.4, 0.5) is 0 Å². The number of carbonyl (C=O) groups excluding carboxylic acids is 1. The molecule has 0 saturated heterocycles. The van der Waals surface area contributed by atoms with Crippen molar-refractivity contribution in [1.29, 1.82) is 5.26 Å². The minimum atomic E-state index is -0.104. The third kappa shape index (κ3) is 4.59. The van der Waals surface area contributed by atoms with Gasteiger partial charge in [0.05, 0.1) is 0 Å². The summed E-state index contributed by atoms with van der Waals surface area (Å²) in [4.78, 5) is 17.5. The molecule has 0 spiro atoms. The summed E-state index contributed by atoms with van der Waals surface area (Å²) in [5.41, 5.74) is 0.572. The summed E-state index contributed by atoms with van der Waals surface area (Å²) in [7, 11) is 0. The average molecular weight is 268 g/mol. The first-order chi connectivity index (χ1) is 7.34. The van der Waals surface area contributed by atoms with Gasteiger partial charge in [-0.1, -0.05) is 0 Å². The summed E-state index contributed by atoms with van der Waals surface area (Å²) in [5.74, 6) is -0.104. The van der Waals surface area contributed by atoms with Gasteiger partial charge in [-0.15, -0.1) is 0 Å². The number of amides is 1. The van der Waals surface area contributed by atoms with Gasteiger partial charge < -0.3 is 0 Å². The number of nitriles is 1. The Kier molecular flexibility index (Phi) is 5.46. The van der Waals surface area contributed by atoms with Crippen molar-refractivity contribution in [2.75, 3.05) is 6.54 Å². The molecule has 0 fully saturated rings. The van der Waals surface area contributed by atoms with Crippen LogP contribution in [0.5, 0.6) is 0 Å². The fourth-order valence-electron chi connectivity index (χ4n) is 0.991. The summed E-state index contributed by atoms with van der Waals surface area (Å²) in [6, 6.07) is 3.45. The number of hydrogen-bond donors (Lipinski definition) is 1. The molecule has 0 aliphatic carbocycles. The van der Waals surface area contributed by atoms with E-state index in [2.05, 4.69) is 15.3 Å². The van der Waals surface area contributed by atoms with E-state index in [4.69, 9.17) is 5.26 Å². The van der Waals surface area contributed by atoms with Gasteiger partial charge in [-0.2, -0.15) is 0 Å². The first-order valence-electron chi connectivity index (χ1n) is 4.53. The number of pyridine rings is 1. The zero-order valence-electron chi connectivity index (χ0n) is 8.14. The van der Waals surface area contributed by atoms with E-state index in [1.165, 1.54) is 6.20 Å². The van der Waals surface area contributed by atoms with E-state index >= 15 is 0 Å². The van der Waals surface area contributed by atoms with Gasteiger partial charge in [-0.3, -0.25) is 0 Å². The molecule has 0 aliphatic rings. The Labute approximate surface area is 94.9 Å². The Bertz CT molecular complexity index is 347. The maximum atomic E-state index is 11.5. The number of carbonyl (C=O) groups is 1.